The Balaban J connectivity index is 2.01. The number of piperidine rings is 1. The number of rotatable bonds is 1. The maximum absolute atomic E-state index is 12.1. The Morgan fingerprint density at radius 3 is 2.94 bits per heavy atom. The highest BCUT2D eigenvalue weighted by Gasteiger charge is 2.21. The predicted molar refractivity (Wildman–Crippen MR) is 69.6 cm³/mol. The van der Waals surface area contributed by atoms with Crippen molar-refractivity contribution in [3.63, 3.8) is 0 Å². The molecule has 1 aliphatic rings. The SMILES string of the molecule is CN1CCC(c2cc3cncnc3[nH]c2=O)CC1. The number of nitrogens with one attached hydrogen (secondary N) is 1. The molecule has 2 aromatic heterocycles. The van der Waals surface area contributed by atoms with E-state index in [1.54, 1.807) is 6.20 Å². The highest BCUT2D eigenvalue weighted by Crippen LogP contribution is 2.26. The Kier molecular flexibility index (Phi) is 2.83. The van der Waals surface area contributed by atoms with E-state index in [0.717, 1.165) is 36.9 Å². The van der Waals surface area contributed by atoms with E-state index < -0.39 is 0 Å². The van der Waals surface area contributed by atoms with Gasteiger partial charge in [-0.05, 0) is 45.0 Å². The van der Waals surface area contributed by atoms with Crippen LogP contribution in [-0.2, 0) is 0 Å². The Morgan fingerprint density at radius 1 is 1.39 bits per heavy atom. The summed E-state index contributed by atoms with van der Waals surface area (Å²) < 4.78 is 0. The summed E-state index contributed by atoms with van der Waals surface area (Å²) in [5, 5.41) is 0.908. The van der Waals surface area contributed by atoms with E-state index >= 15 is 0 Å². The van der Waals surface area contributed by atoms with Crippen molar-refractivity contribution in [1.29, 1.82) is 0 Å². The molecule has 0 aliphatic carbocycles. The molecule has 1 saturated heterocycles. The molecule has 0 bridgehead atoms. The molecule has 1 N–H and O–H groups in total. The molecule has 0 saturated carbocycles. The molecule has 1 aliphatic heterocycles. The smallest absolute Gasteiger partial charge is 0.253 e. The van der Waals surface area contributed by atoms with Gasteiger partial charge in [-0.15, -0.1) is 0 Å². The summed E-state index contributed by atoms with van der Waals surface area (Å²) in [5.41, 5.74) is 1.49. The molecule has 3 rings (SSSR count). The number of hydrogen-bond donors (Lipinski definition) is 1. The summed E-state index contributed by atoms with van der Waals surface area (Å²) in [6.07, 6.45) is 5.28. The summed E-state index contributed by atoms with van der Waals surface area (Å²) in [6.45, 7) is 2.10. The summed E-state index contributed by atoms with van der Waals surface area (Å²) >= 11 is 0. The van der Waals surface area contributed by atoms with Crippen molar-refractivity contribution in [3.8, 4) is 0 Å². The van der Waals surface area contributed by atoms with Crippen LogP contribution in [-0.4, -0.2) is 40.0 Å². The van der Waals surface area contributed by atoms with Crippen LogP contribution in [0.25, 0.3) is 11.0 Å². The maximum Gasteiger partial charge on any atom is 0.253 e. The molecule has 0 amide bonds. The monoisotopic (exact) mass is 244 g/mol. The van der Waals surface area contributed by atoms with Gasteiger partial charge in [0.05, 0.1) is 0 Å². The zero-order valence-electron chi connectivity index (χ0n) is 10.4. The van der Waals surface area contributed by atoms with Crippen LogP contribution < -0.4 is 5.56 Å². The fourth-order valence-corrected chi connectivity index (χ4v) is 2.59. The first-order valence-corrected chi connectivity index (χ1v) is 6.25. The average Bonchev–Trinajstić information content (AvgIpc) is 2.39. The van der Waals surface area contributed by atoms with E-state index in [9.17, 15) is 4.79 Å². The largest absolute Gasteiger partial charge is 0.306 e. The lowest BCUT2D eigenvalue weighted by atomic mass is 9.90. The van der Waals surface area contributed by atoms with Gasteiger partial charge >= 0.3 is 0 Å². The van der Waals surface area contributed by atoms with Crippen molar-refractivity contribution in [2.24, 2.45) is 0 Å². The molecule has 5 nitrogen and oxygen atoms in total. The van der Waals surface area contributed by atoms with E-state index in [1.165, 1.54) is 6.33 Å². The second kappa shape index (κ2) is 4.49. The Bertz CT molecular complexity index is 614. The van der Waals surface area contributed by atoms with Gasteiger partial charge in [-0.1, -0.05) is 0 Å². The second-order valence-corrected chi connectivity index (χ2v) is 4.96. The number of H-pyrrole nitrogens is 1. The summed E-state index contributed by atoms with van der Waals surface area (Å²) in [5.74, 6) is 0.356. The lowest BCUT2D eigenvalue weighted by molar-refractivity contribution is 0.255. The zero-order valence-corrected chi connectivity index (χ0v) is 10.4. The third kappa shape index (κ3) is 2.01. The van der Waals surface area contributed by atoms with Gasteiger partial charge in [0.2, 0.25) is 0 Å². The molecule has 0 aromatic carbocycles. The first-order valence-electron chi connectivity index (χ1n) is 6.25. The predicted octanol–water partition coefficient (Wildman–Crippen LogP) is 1.13. The molecule has 1 fully saturated rings. The van der Waals surface area contributed by atoms with Gasteiger partial charge in [0.15, 0.2) is 0 Å². The molecule has 0 radical (unpaired) electrons. The molecule has 2 aromatic rings. The van der Waals surface area contributed by atoms with E-state index in [4.69, 9.17) is 0 Å². The third-order valence-electron chi connectivity index (χ3n) is 3.70. The average molecular weight is 244 g/mol. The fourth-order valence-electron chi connectivity index (χ4n) is 2.59. The van der Waals surface area contributed by atoms with Crippen molar-refractivity contribution in [1.82, 2.24) is 19.9 Å². The van der Waals surface area contributed by atoms with Crippen molar-refractivity contribution >= 4 is 11.0 Å². The lowest BCUT2D eigenvalue weighted by Crippen LogP contribution is -2.31. The van der Waals surface area contributed by atoms with Crippen LogP contribution in [0.2, 0.25) is 0 Å². The van der Waals surface area contributed by atoms with Crippen molar-refractivity contribution in [2.75, 3.05) is 20.1 Å². The molecule has 0 atom stereocenters. The molecular weight excluding hydrogens is 228 g/mol. The van der Waals surface area contributed by atoms with E-state index in [-0.39, 0.29) is 5.56 Å². The normalized spacial score (nSPS) is 18.3. The van der Waals surface area contributed by atoms with Crippen LogP contribution in [0.3, 0.4) is 0 Å². The summed E-state index contributed by atoms with van der Waals surface area (Å²) in [6, 6.07) is 1.95. The molecular formula is C13H16N4O. The quantitative estimate of drug-likeness (QED) is 0.816. The fraction of sp³-hybridized carbons (Fsp3) is 0.462. The van der Waals surface area contributed by atoms with Crippen molar-refractivity contribution in [3.05, 3.63) is 34.5 Å². The highest BCUT2D eigenvalue weighted by molar-refractivity contribution is 5.73. The van der Waals surface area contributed by atoms with Crippen LogP contribution in [0.1, 0.15) is 24.3 Å². The third-order valence-corrected chi connectivity index (χ3v) is 3.70. The van der Waals surface area contributed by atoms with Crippen LogP contribution in [0.4, 0.5) is 0 Å². The molecule has 0 unspecified atom stereocenters. The minimum atomic E-state index is -0.00393. The van der Waals surface area contributed by atoms with Crippen LogP contribution >= 0.6 is 0 Å². The molecule has 3 heterocycles. The van der Waals surface area contributed by atoms with Gasteiger partial charge in [0.25, 0.3) is 5.56 Å². The number of fused-ring (bicyclic) bond motifs is 1. The minimum absolute atomic E-state index is 0.00393. The summed E-state index contributed by atoms with van der Waals surface area (Å²) in [4.78, 5) is 25.3. The van der Waals surface area contributed by atoms with Gasteiger partial charge in [0, 0.05) is 17.1 Å². The molecule has 18 heavy (non-hydrogen) atoms. The molecule has 94 valence electrons. The lowest BCUT2D eigenvalue weighted by Gasteiger charge is -2.28. The van der Waals surface area contributed by atoms with E-state index in [1.807, 2.05) is 6.07 Å². The highest BCUT2D eigenvalue weighted by atomic mass is 16.1. The molecule has 5 heteroatoms. The van der Waals surface area contributed by atoms with Crippen LogP contribution in [0.5, 0.6) is 0 Å². The standard InChI is InChI=1S/C13H16N4O/c1-17-4-2-9(3-5-17)11-6-10-7-14-8-15-12(10)16-13(11)18/h6-9H,2-5H2,1H3,(H,14,15,16,18). The van der Waals surface area contributed by atoms with Gasteiger partial charge in [-0.3, -0.25) is 4.79 Å². The number of likely N-dealkylation sites (tertiary alicyclic amines) is 1. The molecule has 0 spiro atoms. The number of hydrogen-bond acceptors (Lipinski definition) is 4. The minimum Gasteiger partial charge on any atom is -0.306 e. The Morgan fingerprint density at radius 2 is 2.17 bits per heavy atom. The van der Waals surface area contributed by atoms with Crippen molar-refractivity contribution in [2.45, 2.75) is 18.8 Å². The zero-order chi connectivity index (χ0) is 12.5. The van der Waals surface area contributed by atoms with E-state index in [0.29, 0.717) is 11.6 Å². The van der Waals surface area contributed by atoms with Crippen molar-refractivity contribution < 1.29 is 0 Å². The van der Waals surface area contributed by atoms with Gasteiger partial charge in [-0.2, -0.15) is 0 Å². The Labute approximate surface area is 105 Å². The van der Waals surface area contributed by atoms with E-state index in [2.05, 4.69) is 26.9 Å². The van der Waals surface area contributed by atoms with Gasteiger partial charge in [-0.25, -0.2) is 9.97 Å². The number of pyridine rings is 1. The van der Waals surface area contributed by atoms with Crippen LogP contribution in [0, 0.1) is 0 Å². The first kappa shape index (κ1) is 11.3. The Hall–Kier alpha value is -1.75. The number of nitrogens with zero attached hydrogens (tertiary/aromatic N) is 3. The van der Waals surface area contributed by atoms with Gasteiger partial charge < -0.3 is 9.88 Å². The first-order chi connectivity index (χ1) is 8.74. The second-order valence-electron chi connectivity index (χ2n) is 4.96. The maximum atomic E-state index is 12.1. The van der Waals surface area contributed by atoms with Gasteiger partial charge in [0.1, 0.15) is 12.0 Å². The topological polar surface area (TPSA) is 61.9 Å². The summed E-state index contributed by atoms with van der Waals surface area (Å²) in [7, 11) is 2.12. The number of aromatic amines is 1. The van der Waals surface area contributed by atoms with Crippen LogP contribution in [0.15, 0.2) is 23.4 Å². The number of aromatic nitrogens is 3.